The summed E-state index contributed by atoms with van der Waals surface area (Å²) < 4.78 is 0. The maximum absolute atomic E-state index is 12.9. The Morgan fingerprint density at radius 3 is 2.96 bits per heavy atom. The number of nitrogens with zero attached hydrogens (tertiary/aromatic N) is 3. The first kappa shape index (κ1) is 17.5. The van der Waals surface area contributed by atoms with Crippen molar-refractivity contribution >= 4 is 44.9 Å². The Balaban J connectivity index is 1.57. The highest BCUT2D eigenvalue weighted by molar-refractivity contribution is 8.00. The van der Waals surface area contributed by atoms with Crippen molar-refractivity contribution in [2.24, 2.45) is 0 Å². The van der Waals surface area contributed by atoms with Crippen LogP contribution in [0.1, 0.15) is 30.1 Å². The van der Waals surface area contributed by atoms with Crippen molar-refractivity contribution in [2.45, 2.75) is 44.7 Å². The molecule has 3 aromatic rings. The molecule has 1 aliphatic rings. The summed E-state index contributed by atoms with van der Waals surface area (Å²) in [6.45, 7) is 6.17. The van der Waals surface area contributed by atoms with Gasteiger partial charge in [-0.3, -0.25) is 4.79 Å². The summed E-state index contributed by atoms with van der Waals surface area (Å²) in [5.74, 6) is 1.29. The van der Waals surface area contributed by atoms with Crippen LogP contribution < -0.4 is 4.90 Å². The standard InChI is InChI=1S/C20H21N3OS2/c1-4-15-10-16-19(21-13(3)22-20(16)26-15)25-11-18(24)23-12(2)9-14-7-5-6-8-17(14)23/h5-8,10,12H,4,9,11H2,1-3H3. The third-order valence-electron chi connectivity index (χ3n) is 4.68. The fourth-order valence-electron chi connectivity index (χ4n) is 3.48. The van der Waals surface area contributed by atoms with Gasteiger partial charge in [0.25, 0.3) is 0 Å². The first-order chi connectivity index (χ1) is 12.6. The molecule has 1 aromatic carbocycles. The van der Waals surface area contributed by atoms with Crippen LogP contribution in [-0.2, 0) is 17.6 Å². The van der Waals surface area contributed by atoms with Gasteiger partial charge in [0.05, 0.1) is 5.75 Å². The van der Waals surface area contributed by atoms with Crippen molar-refractivity contribution in [3.8, 4) is 0 Å². The van der Waals surface area contributed by atoms with Gasteiger partial charge in [-0.05, 0) is 44.4 Å². The van der Waals surface area contributed by atoms with E-state index >= 15 is 0 Å². The van der Waals surface area contributed by atoms with E-state index in [1.54, 1.807) is 11.3 Å². The van der Waals surface area contributed by atoms with Crippen molar-refractivity contribution in [1.29, 1.82) is 0 Å². The fraction of sp³-hybridized carbons (Fsp3) is 0.350. The second-order valence-corrected chi connectivity index (χ2v) is 8.67. The monoisotopic (exact) mass is 383 g/mol. The number of benzene rings is 1. The Morgan fingerprint density at radius 2 is 2.15 bits per heavy atom. The zero-order chi connectivity index (χ0) is 18.3. The normalized spacial score (nSPS) is 16.3. The van der Waals surface area contributed by atoms with Gasteiger partial charge in [0.1, 0.15) is 15.7 Å². The number of rotatable bonds is 4. The molecule has 1 atom stereocenters. The molecule has 1 unspecified atom stereocenters. The number of aryl methyl sites for hydroxylation is 2. The number of thioether (sulfide) groups is 1. The van der Waals surface area contributed by atoms with Gasteiger partial charge in [-0.15, -0.1) is 11.3 Å². The summed E-state index contributed by atoms with van der Waals surface area (Å²) in [5, 5.41) is 1.99. The molecule has 2 aromatic heterocycles. The Kier molecular flexibility index (Phi) is 4.71. The number of anilines is 1. The van der Waals surface area contributed by atoms with E-state index < -0.39 is 0 Å². The predicted molar refractivity (Wildman–Crippen MR) is 109 cm³/mol. The van der Waals surface area contributed by atoms with Crippen LogP contribution in [0, 0.1) is 6.92 Å². The molecule has 26 heavy (non-hydrogen) atoms. The van der Waals surface area contributed by atoms with E-state index in [9.17, 15) is 4.79 Å². The summed E-state index contributed by atoms with van der Waals surface area (Å²) in [4.78, 5) is 26.3. The van der Waals surface area contributed by atoms with E-state index in [2.05, 4.69) is 35.9 Å². The van der Waals surface area contributed by atoms with Crippen LogP contribution in [-0.4, -0.2) is 27.7 Å². The van der Waals surface area contributed by atoms with Gasteiger partial charge >= 0.3 is 0 Å². The third kappa shape index (κ3) is 3.12. The van der Waals surface area contributed by atoms with Gasteiger partial charge in [0, 0.05) is 22.0 Å². The molecule has 0 aliphatic carbocycles. The number of thiophene rings is 1. The second kappa shape index (κ2) is 7.00. The number of aromatic nitrogens is 2. The number of carbonyl (C=O) groups excluding carboxylic acids is 1. The third-order valence-corrected chi connectivity index (χ3v) is 6.83. The fourth-order valence-corrected chi connectivity index (χ4v) is 5.46. The van der Waals surface area contributed by atoms with Gasteiger partial charge in [-0.2, -0.15) is 0 Å². The van der Waals surface area contributed by atoms with Crippen LogP contribution in [0.2, 0.25) is 0 Å². The van der Waals surface area contributed by atoms with Gasteiger partial charge in [0.2, 0.25) is 5.91 Å². The van der Waals surface area contributed by atoms with Gasteiger partial charge in [-0.25, -0.2) is 9.97 Å². The zero-order valence-corrected chi connectivity index (χ0v) is 16.8. The molecule has 3 heterocycles. The maximum atomic E-state index is 12.9. The summed E-state index contributed by atoms with van der Waals surface area (Å²) in [5.41, 5.74) is 2.31. The average molecular weight is 384 g/mol. The second-order valence-electron chi connectivity index (χ2n) is 6.60. The number of hydrogen-bond donors (Lipinski definition) is 0. The van der Waals surface area contributed by atoms with Crippen LogP contribution in [0.15, 0.2) is 35.4 Å². The lowest BCUT2D eigenvalue weighted by Gasteiger charge is -2.22. The van der Waals surface area contributed by atoms with Crippen molar-refractivity contribution in [3.63, 3.8) is 0 Å². The van der Waals surface area contributed by atoms with E-state index in [0.29, 0.717) is 5.75 Å². The number of fused-ring (bicyclic) bond motifs is 2. The molecule has 4 nitrogen and oxygen atoms in total. The predicted octanol–water partition coefficient (Wildman–Crippen LogP) is 4.63. The quantitative estimate of drug-likeness (QED) is 0.487. The van der Waals surface area contributed by atoms with Crippen LogP contribution in [0.5, 0.6) is 0 Å². The van der Waals surface area contributed by atoms with Gasteiger partial charge in [-0.1, -0.05) is 36.9 Å². The molecule has 1 amide bonds. The highest BCUT2D eigenvalue weighted by atomic mass is 32.2. The smallest absolute Gasteiger partial charge is 0.237 e. The SMILES string of the molecule is CCc1cc2c(SCC(=O)N3c4ccccc4CC3C)nc(C)nc2s1. The summed E-state index contributed by atoms with van der Waals surface area (Å²) in [6.07, 6.45) is 1.92. The van der Waals surface area contributed by atoms with E-state index in [1.165, 1.54) is 22.2 Å². The molecule has 4 rings (SSSR count). The highest BCUT2D eigenvalue weighted by Crippen LogP contribution is 2.35. The van der Waals surface area contributed by atoms with Crippen molar-refractivity contribution < 1.29 is 4.79 Å². The Morgan fingerprint density at radius 1 is 1.35 bits per heavy atom. The summed E-state index contributed by atoms with van der Waals surface area (Å²) in [6, 6.07) is 10.6. The molecule has 0 saturated heterocycles. The molecular weight excluding hydrogens is 362 g/mol. The largest absolute Gasteiger partial charge is 0.308 e. The van der Waals surface area contributed by atoms with Crippen molar-refractivity contribution in [1.82, 2.24) is 9.97 Å². The first-order valence-corrected chi connectivity index (χ1v) is 10.7. The van der Waals surface area contributed by atoms with E-state index in [1.807, 2.05) is 30.0 Å². The lowest BCUT2D eigenvalue weighted by molar-refractivity contribution is -0.116. The van der Waals surface area contributed by atoms with Gasteiger partial charge in [0.15, 0.2) is 0 Å². The number of amides is 1. The molecule has 0 N–H and O–H groups in total. The number of hydrogen-bond acceptors (Lipinski definition) is 5. The molecule has 0 fully saturated rings. The first-order valence-electron chi connectivity index (χ1n) is 8.86. The maximum Gasteiger partial charge on any atom is 0.237 e. The Bertz CT molecular complexity index is 982. The topological polar surface area (TPSA) is 46.1 Å². The van der Waals surface area contributed by atoms with Crippen molar-refractivity contribution in [2.75, 3.05) is 10.7 Å². The highest BCUT2D eigenvalue weighted by Gasteiger charge is 2.30. The minimum atomic E-state index is 0.141. The van der Waals surface area contributed by atoms with E-state index in [0.717, 1.165) is 39.6 Å². The van der Waals surface area contributed by atoms with Crippen LogP contribution in [0.3, 0.4) is 0 Å². The molecule has 134 valence electrons. The zero-order valence-electron chi connectivity index (χ0n) is 15.2. The Hall–Kier alpha value is -1.92. The van der Waals surface area contributed by atoms with Crippen molar-refractivity contribution in [3.05, 3.63) is 46.6 Å². The minimum absolute atomic E-state index is 0.141. The molecule has 0 spiro atoms. The molecule has 6 heteroatoms. The van der Waals surface area contributed by atoms with Crippen LogP contribution in [0.25, 0.3) is 10.2 Å². The van der Waals surface area contributed by atoms with Crippen LogP contribution >= 0.6 is 23.1 Å². The molecule has 0 radical (unpaired) electrons. The summed E-state index contributed by atoms with van der Waals surface area (Å²) >= 11 is 3.24. The lowest BCUT2D eigenvalue weighted by atomic mass is 10.1. The Labute approximate surface area is 161 Å². The molecule has 1 aliphatic heterocycles. The average Bonchev–Trinajstić information content (AvgIpc) is 3.18. The van der Waals surface area contributed by atoms with E-state index in [-0.39, 0.29) is 11.9 Å². The number of carbonyl (C=O) groups is 1. The molecule has 0 bridgehead atoms. The number of para-hydroxylation sites is 1. The lowest BCUT2D eigenvalue weighted by Crippen LogP contribution is -2.37. The summed E-state index contributed by atoms with van der Waals surface area (Å²) in [7, 11) is 0. The van der Waals surface area contributed by atoms with Gasteiger partial charge < -0.3 is 4.90 Å². The molecular formula is C20H21N3OS2. The minimum Gasteiger partial charge on any atom is -0.308 e. The van der Waals surface area contributed by atoms with E-state index in [4.69, 9.17) is 0 Å². The molecule has 0 saturated carbocycles. The van der Waals surface area contributed by atoms with Crippen LogP contribution in [0.4, 0.5) is 5.69 Å².